The Labute approximate surface area is 126 Å². The van der Waals surface area contributed by atoms with Gasteiger partial charge in [-0.25, -0.2) is 0 Å². The number of nitrogens with zero attached hydrogens (tertiary/aromatic N) is 1. The number of benzene rings is 2. The third-order valence-electron chi connectivity index (χ3n) is 4.36. The van der Waals surface area contributed by atoms with E-state index in [1.165, 1.54) is 5.56 Å². The smallest absolute Gasteiger partial charge is 0.227 e. The molecule has 1 heterocycles. The predicted molar refractivity (Wildman–Crippen MR) is 85.1 cm³/mol. The van der Waals surface area contributed by atoms with Crippen LogP contribution in [0, 0.1) is 0 Å². The highest BCUT2D eigenvalue weighted by atomic mass is 16.2. The van der Waals surface area contributed by atoms with Crippen LogP contribution in [0.15, 0.2) is 60.7 Å². The highest BCUT2D eigenvalue weighted by Crippen LogP contribution is 2.31. The van der Waals surface area contributed by atoms with E-state index < -0.39 is 0 Å². The topological polar surface area (TPSA) is 20.3 Å². The Hall–Kier alpha value is -2.09. The molecular formula is C19H21NO. The van der Waals surface area contributed by atoms with Crippen molar-refractivity contribution in [2.24, 2.45) is 0 Å². The van der Waals surface area contributed by atoms with Gasteiger partial charge in [0.1, 0.15) is 0 Å². The predicted octanol–water partition coefficient (Wildman–Crippen LogP) is 3.63. The van der Waals surface area contributed by atoms with Gasteiger partial charge in [0, 0.05) is 18.5 Å². The van der Waals surface area contributed by atoms with Crippen molar-refractivity contribution in [1.29, 1.82) is 0 Å². The van der Waals surface area contributed by atoms with Gasteiger partial charge in [-0.05, 0) is 24.5 Å². The summed E-state index contributed by atoms with van der Waals surface area (Å²) in [6.45, 7) is 3.00. The highest BCUT2D eigenvalue weighted by molar-refractivity contribution is 5.79. The minimum absolute atomic E-state index is 0.243. The molecule has 2 unspecified atom stereocenters. The molecule has 108 valence electrons. The number of hydrogen-bond donors (Lipinski definition) is 0. The molecule has 0 bridgehead atoms. The zero-order valence-corrected chi connectivity index (χ0v) is 12.4. The fourth-order valence-electron chi connectivity index (χ4n) is 3.22. The summed E-state index contributed by atoms with van der Waals surface area (Å²) in [5.41, 5.74) is 2.44. The molecule has 2 heteroatoms. The lowest BCUT2D eigenvalue weighted by atomic mass is 9.97. The maximum absolute atomic E-state index is 12.5. The van der Waals surface area contributed by atoms with Crippen molar-refractivity contribution in [3.05, 3.63) is 71.8 Å². The summed E-state index contributed by atoms with van der Waals surface area (Å²) in [7, 11) is 0. The van der Waals surface area contributed by atoms with Gasteiger partial charge in [-0.3, -0.25) is 4.79 Å². The molecule has 1 saturated heterocycles. The van der Waals surface area contributed by atoms with E-state index in [1.807, 2.05) is 41.3 Å². The zero-order valence-electron chi connectivity index (χ0n) is 12.4. The Balaban J connectivity index is 1.68. The lowest BCUT2D eigenvalue weighted by molar-refractivity contribution is -0.131. The molecule has 3 rings (SSSR count). The molecule has 21 heavy (non-hydrogen) atoms. The van der Waals surface area contributed by atoms with E-state index in [9.17, 15) is 4.79 Å². The second-order valence-corrected chi connectivity index (χ2v) is 5.90. The van der Waals surface area contributed by atoms with Crippen LogP contribution < -0.4 is 0 Å². The van der Waals surface area contributed by atoms with Crippen molar-refractivity contribution < 1.29 is 4.79 Å². The van der Waals surface area contributed by atoms with Gasteiger partial charge in [0.2, 0.25) is 5.91 Å². The van der Waals surface area contributed by atoms with Gasteiger partial charge in [0.15, 0.2) is 0 Å². The first-order valence-electron chi connectivity index (χ1n) is 7.62. The molecule has 0 radical (unpaired) electrons. The monoisotopic (exact) mass is 279 g/mol. The molecule has 1 amide bonds. The summed E-state index contributed by atoms with van der Waals surface area (Å²) < 4.78 is 0. The summed E-state index contributed by atoms with van der Waals surface area (Å²) >= 11 is 0. The van der Waals surface area contributed by atoms with Gasteiger partial charge in [-0.15, -0.1) is 0 Å². The van der Waals surface area contributed by atoms with Crippen LogP contribution >= 0.6 is 0 Å². The van der Waals surface area contributed by atoms with E-state index >= 15 is 0 Å². The number of hydrogen-bond acceptors (Lipinski definition) is 1. The van der Waals surface area contributed by atoms with Crippen LogP contribution in [0.5, 0.6) is 0 Å². The summed E-state index contributed by atoms with van der Waals surface area (Å²) in [5, 5.41) is 0. The first-order valence-corrected chi connectivity index (χ1v) is 7.62. The van der Waals surface area contributed by atoms with Crippen molar-refractivity contribution in [2.75, 3.05) is 6.54 Å². The quantitative estimate of drug-likeness (QED) is 0.840. The number of rotatable bonds is 3. The summed E-state index contributed by atoms with van der Waals surface area (Å²) in [4.78, 5) is 14.6. The molecule has 2 aromatic rings. The molecule has 1 fully saturated rings. The lowest BCUT2D eigenvalue weighted by Crippen LogP contribution is -2.35. The molecule has 0 aromatic heterocycles. The second kappa shape index (κ2) is 6.13. The summed E-state index contributed by atoms with van der Waals surface area (Å²) in [6.07, 6.45) is 1.57. The van der Waals surface area contributed by atoms with E-state index in [4.69, 9.17) is 0 Å². The third-order valence-corrected chi connectivity index (χ3v) is 4.36. The van der Waals surface area contributed by atoms with Crippen LogP contribution in [0.25, 0.3) is 0 Å². The molecule has 0 N–H and O–H groups in total. The largest absolute Gasteiger partial charge is 0.339 e. The Morgan fingerprint density at radius 2 is 1.67 bits per heavy atom. The van der Waals surface area contributed by atoms with Gasteiger partial charge in [0.05, 0.1) is 6.42 Å². The molecule has 2 nitrogen and oxygen atoms in total. The lowest BCUT2D eigenvalue weighted by Gasteiger charge is -2.21. The normalized spacial score (nSPS) is 21.5. The van der Waals surface area contributed by atoms with Crippen molar-refractivity contribution >= 4 is 5.91 Å². The van der Waals surface area contributed by atoms with Crippen molar-refractivity contribution in [3.63, 3.8) is 0 Å². The van der Waals surface area contributed by atoms with Crippen LogP contribution in [-0.4, -0.2) is 23.4 Å². The first-order chi connectivity index (χ1) is 10.2. The molecule has 1 aliphatic rings. The third kappa shape index (κ3) is 3.15. The van der Waals surface area contributed by atoms with E-state index in [1.54, 1.807) is 0 Å². The van der Waals surface area contributed by atoms with Crippen molar-refractivity contribution in [2.45, 2.75) is 31.7 Å². The Morgan fingerprint density at radius 1 is 1.05 bits per heavy atom. The van der Waals surface area contributed by atoms with E-state index in [2.05, 4.69) is 31.2 Å². The van der Waals surface area contributed by atoms with Crippen LogP contribution in [0.4, 0.5) is 0 Å². The average molecular weight is 279 g/mol. The van der Waals surface area contributed by atoms with Gasteiger partial charge >= 0.3 is 0 Å². The van der Waals surface area contributed by atoms with Crippen LogP contribution in [0.3, 0.4) is 0 Å². The Morgan fingerprint density at radius 3 is 2.33 bits per heavy atom. The molecule has 2 aromatic carbocycles. The van der Waals surface area contributed by atoms with Gasteiger partial charge in [-0.2, -0.15) is 0 Å². The fourth-order valence-corrected chi connectivity index (χ4v) is 3.22. The molecule has 0 aliphatic carbocycles. The summed E-state index contributed by atoms with van der Waals surface area (Å²) in [5.74, 6) is 0.716. The van der Waals surface area contributed by atoms with Gasteiger partial charge in [0.25, 0.3) is 0 Å². The standard InChI is InChI=1S/C19H21NO/c1-15-12-18(17-10-6-3-7-11-17)14-20(15)19(21)13-16-8-4-2-5-9-16/h2-11,15,18H,12-14H2,1H3. The zero-order chi connectivity index (χ0) is 14.7. The van der Waals surface area contributed by atoms with Crippen LogP contribution in [0.1, 0.15) is 30.4 Å². The molecular weight excluding hydrogens is 258 g/mol. The Bertz CT molecular complexity index is 593. The number of amides is 1. The minimum atomic E-state index is 0.243. The average Bonchev–Trinajstić information content (AvgIpc) is 2.91. The van der Waals surface area contributed by atoms with E-state index in [0.717, 1.165) is 18.5 Å². The maximum atomic E-state index is 12.5. The molecule has 2 atom stereocenters. The highest BCUT2D eigenvalue weighted by Gasteiger charge is 2.32. The molecule has 0 saturated carbocycles. The molecule has 0 spiro atoms. The Kier molecular flexibility index (Phi) is 4.05. The number of carbonyl (C=O) groups is 1. The number of likely N-dealkylation sites (tertiary alicyclic amines) is 1. The van der Waals surface area contributed by atoms with E-state index in [-0.39, 0.29) is 5.91 Å². The van der Waals surface area contributed by atoms with E-state index in [0.29, 0.717) is 18.4 Å². The SMILES string of the molecule is CC1CC(c2ccccc2)CN1C(=O)Cc1ccccc1. The van der Waals surface area contributed by atoms with Gasteiger partial charge < -0.3 is 4.90 Å². The molecule has 1 aliphatic heterocycles. The number of carbonyl (C=O) groups excluding carboxylic acids is 1. The summed E-state index contributed by atoms with van der Waals surface area (Å²) in [6, 6.07) is 20.9. The minimum Gasteiger partial charge on any atom is -0.339 e. The second-order valence-electron chi connectivity index (χ2n) is 5.90. The van der Waals surface area contributed by atoms with Crippen LogP contribution in [0.2, 0.25) is 0 Å². The van der Waals surface area contributed by atoms with Gasteiger partial charge in [-0.1, -0.05) is 60.7 Å². The first kappa shape index (κ1) is 13.9. The van der Waals surface area contributed by atoms with Crippen molar-refractivity contribution in [3.8, 4) is 0 Å². The fraction of sp³-hybridized carbons (Fsp3) is 0.316. The van der Waals surface area contributed by atoms with Crippen LogP contribution in [-0.2, 0) is 11.2 Å². The maximum Gasteiger partial charge on any atom is 0.227 e. The van der Waals surface area contributed by atoms with Crippen molar-refractivity contribution in [1.82, 2.24) is 4.90 Å².